The first-order chi connectivity index (χ1) is 15.9. The third kappa shape index (κ3) is 8.93. The monoisotopic (exact) mass is 510 g/mol. The highest BCUT2D eigenvalue weighted by Crippen LogP contribution is 2.44. The lowest BCUT2D eigenvalue weighted by Crippen LogP contribution is -2.51. The molecule has 36 heavy (non-hydrogen) atoms. The lowest BCUT2D eigenvalue weighted by Gasteiger charge is -2.39. The summed E-state index contributed by atoms with van der Waals surface area (Å²) >= 11 is 0. The summed E-state index contributed by atoms with van der Waals surface area (Å²) in [5.41, 5.74) is -6.99. The Kier molecular flexibility index (Phi) is 9.27. The smallest absolute Gasteiger partial charge is 0.324 e. The van der Waals surface area contributed by atoms with Crippen LogP contribution in [0.3, 0.4) is 0 Å². The van der Waals surface area contributed by atoms with Gasteiger partial charge in [-0.1, -0.05) is 12.2 Å². The maximum atomic E-state index is 13.5. The quantitative estimate of drug-likeness (QED) is 0.213. The van der Waals surface area contributed by atoms with E-state index in [9.17, 15) is 19.2 Å². The Morgan fingerprint density at radius 3 is 0.833 bits per heavy atom. The topological polar surface area (TPSA) is 105 Å². The average molecular weight is 511 g/mol. The molecule has 0 heterocycles. The molecule has 0 amide bonds. The molecule has 0 aromatic heterocycles. The molecule has 1 aliphatic rings. The van der Waals surface area contributed by atoms with Crippen molar-refractivity contribution in [3.8, 4) is 0 Å². The van der Waals surface area contributed by atoms with Gasteiger partial charge in [0.15, 0.2) is 10.8 Å². The van der Waals surface area contributed by atoms with Crippen LogP contribution in [-0.2, 0) is 38.1 Å². The first-order valence-electron chi connectivity index (χ1n) is 12.5. The zero-order valence-electron chi connectivity index (χ0n) is 24.2. The van der Waals surface area contributed by atoms with Crippen LogP contribution >= 0.6 is 0 Å². The van der Waals surface area contributed by atoms with Crippen LogP contribution in [0.2, 0.25) is 0 Å². The van der Waals surface area contributed by atoms with Crippen LogP contribution in [0.5, 0.6) is 0 Å². The molecule has 0 atom stereocenters. The Morgan fingerprint density at radius 1 is 0.472 bits per heavy atom. The van der Waals surface area contributed by atoms with Crippen molar-refractivity contribution in [2.24, 2.45) is 10.8 Å². The van der Waals surface area contributed by atoms with Crippen molar-refractivity contribution in [2.45, 2.75) is 131 Å². The van der Waals surface area contributed by atoms with Gasteiger partial charge in [-0.3, -0.25) is 19.2 Å². The fourth-order valence-corrected chi connectivity index (χ4v) is 3.61. The second kappa shape index (κ2) is 10.5. The molecule has 1 aliphatic carbocycles. The van der Waals surface area contributed by atoms with Crippen molar-refractivity contribution in [3.63, 3.8) is 0 Å². The van der Waals surface area contributed by atoms with E-state index in [1.807, 2.05) is 0 Å². The van der Waals surface area contributed by atoms with Crippen LogP contribution < -0.4 is 0 Å². The van der Waals surface area contributed by atoms with Gasteiger partial charge in [0.2, 0.25) is 0 Å². The Balaban J connectivity index is 3.67. The summed E-state index contributed by atoms with van der Waals surface area (Å²) in [5.74, 6) is -3.06. The molecule has 8 heteroatoms. The van der Waals surface area contributed by atoms with Gasteiger partial charge in [0.25, 0.3) is 0 Å². The number of allylic oxidation sites excluding steroid dienone is 2. The summed E-state index contributed by atoms with van der Waals surface area (Å²) in [4.78, 5) is 54.2. The van der Waals surface area contributed by atoms with E-state index < -0.39 is 57.1 Å². The highest BCUT2D eigenvalue weighted by molar-refractivity contribution is 6.03. The average Bonchev–Trinajstić information content (AvgIpc) is 2.55. The van der Waals surface area contributed by atoms with E-state index >= 15 is 0 Å². The Hall–Kier alpha value is -2.38. The summed E-state index contributed by atoms with van der Waals surface area (Å²) in [6, 6.07) is 0. The Bertz CT molecular complexity index is 741. The van der Waals surface area contributed by atoms with E-state index in [4.69, 9.17) is 18.9 Å². The van der Waals surface area contributed by atoms with Crippen molar-refractivity contribution < 1.29 is 38.1 Å². The largest absolute Gasteiger partial charge is 0.459 e. The number of carbonyl (C=O) groups excluding carboxylic acids is 4. The number of rotatable bonds is 4. The van der Waals surface area contributed by atoms with Gasteiger partial charge in [0.1, 0.15) is 22.4 Å². The molecule has 0 saturated heterocycles. The summed E-state index contributed by atoms with van der Waals surface area (Å²) in [5, 5.41) is 0. The molecule has 0 aromatic carbocycles. The normalized spacial score (nSPS) is 19.2. The van der Waals surface area contributed by atoms with Crippen LogP contribution in [0.4, 0.5) is 0 Å². The molecule has 0 spiro atoms. The first kappa shape index (κ1) is 31.6. The molecular formula is C28H46O8. The van der Waals surface area contributed by atoms with Crippen LogP contribution in [0.25, 0.3) is 0 Å². The van der Waals surface area contributed by atoms with Crippen molar-refractivity contribution in [2.75, 3.05) is 0 Å². The van der Waals surface area contributed by atoms with Gasteiger partial charge in [-0.25, -0.2) is 0 Å². The summed E-state index contributed by atoms with van der Waals surface area (Å²) in [7, 11) is 0. The predicted molar refractivity (Wildman–Crippen MR) is 136 cm³/mol. The maximum Gasteiger partial charge on any atom is 0.324 e. The fraction of sp³-hybridized carbons (Fsp3) is 0.786. The van der Waals surface area contributed by atoms with Crippen molar-refractivity contribution in [1.82, 2.24) is 0 Å². The summed E-state index contributed by atoms with van der Waals surface area (Å²) < 4.78 is 22.6. The summed E-state index contributed by atoms with van der Waals surface area (Å²) in [6.07, 6.45) is 2.93. The number of esters is 4. The minimum Gasteiger partial charge on any atom is -0.459 e. The van der Waals surface area contributed by atoms with Crippen molar-refractivity contribution in [3.05, 3.63) is 12.2 Å². The van der Waals surface area contributed by atoms with E-state index in [0.29, 0.717) is 0 Å². The van der Waals surface area contributed by atoms with E-state index in [-0.39, 0.29) is 25.7 Å². The first-order valence-corrected chi connectivity index (χ1v) is 12.5. The van der Waals surface area contributed by atoms with Gasteiger partial charge in [0.05, 0.1) is 0 Å². The molecular weight excluding hydrogens is 464 g/mol. The van der Waals surface area contributed by atoms with Gasteiger partial charge in [-0.05, 0) is 109 Å². The SMILES string of the molecule is CC(C)(C)OC(=O)C1(C(=O)OC(C)(C)C)C/C=C\CC(C(=O)OC(C)(C)C)(C(=O)OC(C)(C)C)CC1. The molecule has 0 radical (unpaired) electrons. The Labute approximate surface area is 216 Å². The third-order valence-electron chi connectivity index (χ3n) is 5.24. The van der Waals surface area contributed by atoms with E-state index in [0.717, 1.165) is 0 Å². The highest BCUT2D eigenvalue weighted by Gasteiger charge is 2.57. The second-order valence-corrected chi connectivity index (χ2v) is 13.6. The van der Waals surface area contributed by atoms with Gasteiger partial charge in [-0.2, -0.15) is 0 Å². The molecule has 0 saturated carbocycles. The zero-order valence-corrected chi connectivity index (χ0v) is 24.2. The van der Waals surface area contributed by atoms with Gasteiger partial charge >= 0.3 is 23.9 Å². The minimum atomic E-state index is -1.76. The number of ether oxygens (including phenoxy) is 4. The molecule has 0 aliphatic heterocycles. The standard InChI is InChI=1S/C28H46O8/c1-23(2,3)33-19(29)27(20(30)34-24(4,5)6)15-13-14-16-28(18-17-27,21(31)35-25(7,8)9)22(32)36-26(10,11)12/h13-14H,15-18H2,1-12H3/b14-13-. The van der Waals surface area contributed by atoms with Gasteiger partial charge in [0, 0.05) is 0 Å². The lowest BCUT2D eigenvalue weighted by molar-refractivity contribution is -0.193. The highest BCUT2D eigenvalue weighted by atomic mass is 16.6. The zero-order chi connectivity index (χ0) is 28.4. The van der Waals surface area contributed by atoms with Crippen molar-refractivity contribution >= 4 is 23.9 Å². The molecule has 0 N–H and O–H groups in total. The van der Waals surface area contributed by atoms with E-state index in [2.05, 4.69) is 0 Å². The predicted octanol–water partition coefficient (Wildman–Crippen LogP) is 5.46. The third-order valence-corrected chi connectivity index (χ3v) is 5.24. The number of hydrogen-bond acceptors (Lipinski definition) is 8. The molecule has 0 aromatic rings. The van der Waals surface area contributed by atoms with Crippen LogP contribution in [0, 0.1) is 10.8 Å². The van der Waals surface area contributed by atoms with Crippen molar-refractivity contribution in [1.29, 1.82) is 0 Å². The number of carbonyl (C=O) groups is 4. The molecule has 0 bridgehead atoms. The van der Waals surface area contributed by atoms with Gasteiger partial charge < -0.3 is 18.9 Å². The van der Waals surface area contributed by atoms with E-state index in [1.165, 1.54) is 0 Å². The molecule has 206 valence electrons. The molecule has 1 rings (SSSR count). The van der Waals surface area contributed by atoms with Crippen LogP contribution in [0.15, 0.2) is 12.2 Å². The molecule has 8 nitrogen and oxygen atoms in total. The lowest BCUT2D eigenvalue weighted by atomic mass is 9.69. The molecule has 0 fully saturated rings. The maximum absolute atomic E-state index is 13.5. The van der Waals surface area contributed by atoms with E-state index in [1.54, 1.807) is 95.2 Å². The minimum absolute atomic E-state index is 0.00947. The molecule has 0 unspecified atom stereocenters. The fourth-order valence-electron chi connectivity index (χ4n) is 3.61. The van der Waals surface area contributed by atoms with Gasteiger partial charge in [-0.15, -0.1) is 0 Å². The number of hydrogen-bond donors (Lipinski definition) is 0. The Morgan fingerprint density at radius 2 is 0.667 bits per heavy atom. The van der Waals surface area contributed by atoms with Crippen LogP contribution in [-0.4, -0.2) is 46.3 Å². The summed E-state index contributed by atoms with van der Waals surface area (Å²) in [6.45, 7) is 20.5. The second-order valence-electron chi connectivity index (χ2n) is 13.6. The van der Waals surface area contributed by atoms with Crippen LogP contribution in [0.1, 0.15) is 109 Å².